The molecule has 162 valence electrons. The molecule has 1 aliphatic rings. The molecule has 0 atom stereocenters. The van der Waals surface area contributed by atoms with Crippen LogP contribution in [0.3, 0.4) is 0 Å². The summed E-state index contributed by atoms with van der Waals surface area (Å²) >= 11 is 0. The highest BCUT2D eigenvalue weighted by Crippen LogP contribution is 2.28. The van der Waals surface area contributed by atoms with E-state index in [4.69, 9.17) is 0 Å². The van der Waals surface area contributed by atoms with Gasteiger partial charge in [-0.25, -0.2) is 0 Å². The average Bonchev–Trinajstić information content (AvgIpc) is 3.36. The first kappa shape index (κ1) is 21.0. The lowest BCUT2D eigenvalue weighted by atomic mass is 10.1. The Hall–Kier alpha value is -3.28. The monoisotopic (exact) mass is 417 g/mol. The van der Waals surface area contributed by atoms with Gasteiger partial charge in [0.1, 0.15) is 0 Å². The maximum atomic E-state index is 12.6. The molecule has 4 rings (SSSR count). The molecule has 0 fully saturated rings. The van der Waals surface area contributed by atoms with Crippen molar-refractivity contribution in [3.8, 4) is 0 Å². The van der Waals surface area contributed by atoms with E-state index < -0.39 is 0 Å². The molecule has 0 aliphatic carbocycles. The molecule has 0 saturated heterocycles. The Morgan fingerprint density at radius 2 is 1.87 bits per heavy atom. The van der Waals surface area contributed by atoms with Crippen LogP contribution in [0, 0.1) is 6.92 Å². The van der Waals surface area contributed by atoms with Gasteiger partial charge >= 0.3 is 0 Å². The van der Waals surface area contributed by atoms with Gasteiger partial charge in [-0.2, -0.15) is 0 Å². The van der Waals surface area contributed by atoms with Crippen molar-refractivity contribution in [1.29, 1.82) is 0 Å². The van der Waals surface area contributed by atoms with Crippen molar-refractivity contribution in [3.63, 3.8) is 0 Å². The molecule has 0 unspecified atom stereocenters. The lowest BCUT2D eigenvalue weighted by Crippen LogP contribution is -2.39. The van der Waals surface area contributed by atoms with Gasteiger partial charge in [0.15, 0.2) is 5.96 Å². The third-order valence-electron chi connectivity index (χ3n) is 5.97. The summed E-state index contributed by atoms with van der Waals surface area (Å²) in [7, 11) is 1.78. The van der Waals surface area contributed by atoms with Gasteiger partial charge in [0.05, 0.1) is 0 Å². The molecule has 3 aromatic rings. The molecule has 6 heteroatoms. The third-order valence-corrected chi connectivity index (χ3v) is 5.97. The first-order chi connectivity index (χ1) is 15.2. The van der Waals surface area contributed by atoms with Gasteiger partial charge in [0, 0.05) is 55.4 Å². The fourth-order valence-electron chi connectivity index (χ4n) is 4.36. The second kappa shape index (κ2) is 9.69. The van der Waals surface area contributed by atoms with Crippen LogP contribution < -0.4 is 15.5 Å². The first-order valence-electron chi connectivity index (χ1n) is 11.1. The van der Waals surface area contributed by atoms with Crippen LogP contribution in [0.15, 0.2) is 53.5 Å². The minimum Gasteiger partial charge on any atom is -0.358 e. The van der Waals surface area contributed by atoms with Gasteiger partial charge in [-0.05, 0) is 49.4 Å². The first-order valence-corrected chi connectivity index (χ1v) is 11.1. The van der Waals surface area contributed by atoms with Gasteiger partial charge in [-0.3, -0.25) is 9.79 Å². The summed E-state index contributed by atoms with van der Waals surface area (Å²) in [6, 6.07) is 16.6. The highest BCUT2D eigenvalue weighted by Gasteiger charge is 2.23. The summed E-state index contributed by atoms with van der Waals surface area (Å²) in [5.41, 5.74) is 6.08. The molecular formula is C25H31N5O. The summed E-state index contributed by atoms with van der Waals surface area (Å²) < 4.78 is 0. The van der Waals surface area contributed by atoms with Crippen LogP contribution in [0.1, 0.15) is 29.7 Å². The van der Waals surface area contributed by atoms with Gasteiger partial charge in [0.25, 0.3) is 0 Å². The van der Waals surface area contributed by atoms with Crippen LogP contribution in [0.4, 0.5) is 5.69 Å². The number of carbonyl (C=O) groups is 1. The van der Waals surface area contributed by atoms with Crippen LogP contribution in [0.25, 0.3) is 10.9 Å². The molecule has 2 heterocycles. The predicted octanol–water partition coefficient (Wildman–Crippen LogP) is 3.55. The van der Waals surface area contributed by atoms with E-state index in [-0.39, 0.29) is 5.91 Å². The Morgan fingerprint density at radius 3 is 2.74 bits per heavy atom. The fraction of sp³-hybridized carbons (Fsp3) is 0.360. The van der Waals surface area contributed by atoms with E-state index in [2.05, 4.69) is 57.9 Å². The SMILES string of the molecule is CN=C(NCCCC(=O)N1CCc2ccccc21)NCCc1c(C)[nH]c2ccccc12. The van der Waals surface area contributed by atoms with Crippen molar-refractivity contribution in [2.24, 2.45) is 4.99 Å². The maximum Gasteiger partial charge on any atom is 0.227 e. The number of benzene rings is 2. The number of para-hydroxylation sites is 2. The normalized spacial score (nSPS) is 13.5. The average molecular weight is 418 g/mol. The zero-order valence-corrected chi connectivity index (χ0v) is 18.4. The smallest absolute Gasteiger partial charge is 0.227 e. The van der Waals surface area contributed by atoms with Crippen molar-refractivity contribution in [3.05, 3.63) is 65.4 Å². The van der Waals surface area contributed by atoms with E-state index in [1.807, 2.05) is 23.1 Å². The van der Waals surface area contributed by atoms with Crippen molar-refractivity contribution >= 4 is 28.5 Å². The Balaban J connectivity index is 1.20. The lowest BCUT2D eigenvalue weighted by Gasteiger charge is -2.17. The van der Waals surface area contributed by atoms with Crippen molar-refractivity contribution in [1.82, 2.24) is 15.6 Å². The number of fused-ring (bicyclic) bond motifs is 2. The Morgan fingerprint density at radius 1 is 1.10 bits per heavy atom. The largest absolute Gasteiger partial charge is 0.358 e. The van der Waals surface area contributed by atoms with Crippen LogP contribution >= 0.6 is 0 Å². The molecule has 1 amide bonds. The number of aromatic amines is 1. The van der Waals surface area contributed by atoms with Crippen molar-refractivity contribution in [2.45, 2.75) is 32.6 Å². The number of aromatic nitrogens is 1. The molecule has 1 aliphatic heterocycles. The second-order valence-electron chi connectivity index (χ2n) is 7.98. The van der Waals surface area contributed by atoms with Crippen LogP contribution in [-0.4, -0.2) is 43.5 Å². The molecule has 31 heavy (non-hydrogen) atoms. The number of rotatable bonds is 7. The van der Waals surface area contributed by atoms with E-state index in [1.165, 1.54) is 27.7 Å². The van der Waals surface area contributed by atoms with Gasteiger partial charge in [-0.1, -0.05) is 36.4 Å². The number of guanidine groups is 1. The van der Waals surface area contributed by atoms with Crippen molar-refractivity contribution < 1.29 is 4.79 Å². The number of anilines is 1. The summed E-state index contributed by atoms with van der Waals surface area (Å²) in [6.45, 7) is 4.43. The molecule has 2 aromatic carbocycles. The Bertz CT molecular complexity index is 1080. The number of hydrogen-bond donors (Lipinski definition) is 3. The number of carbonyl (C=O) groups excluding carboxylic acids is 1. The molecule has 0 saturated carbocycles. The zero-order valence-electron chi connectivity index (χ0n) is 18.4. The van der Waals surface area contributed by atoms with Gasteiger partial charge in [-0.15, -0.1) is 0 Å². The number of amides is 1. The summed E-state index contributed by atoms with van der Waals surface area (Å²) in [5, 5.41) is 8.00. The lowest BCUT2D eigenvalue weighted by molar-refractivity contribution is -0.118. The van der Waals surface area contributed by atoms with E-state index in [1.54, 1.807) is 7.05 Å². The van der Waals surface area contributed by atoms with Crippen LogP contribution in [0.5, 0.6) is 0 Å². The second-order valence-corrected chi connectivity index (χ2v) is 7.98. The summed E-state index contributed by atoms with van der Waals surface area (Å²) in [6.07, 6.45) is 3.18. The summed E-state index contributed by atoms with van der Waals surface area (Å²) in [5.74, 6) is 0.973. The topological polar surface area (TPSA) is 72.5 Å². The van der Waals surface area contributed by atoms with E-state index in [9.17, 15) is 4.79 Å². The fourth-order valence-corrected chi connectivity index (χ4v) is 4.36. The van der Waals surface area contributed by atoms with Gasteiger partial charge in [0.2, 0.25) is 5.91 Å². The Labute approximate surface area is 183 Å². The molecule has 0 bridgehead atoms. The highest BCUT2D eigenvalue weighted by molar-refractivity contribution is 5.95. The molecule has 0 radical (unpaired) electrons. The van der Waals surface area contributed by atoms with Crippen LogP contribution in [-0.2, 0) is 17.6 Å². The predicted molar refractivity (Wildman–Crippen MR) is 128 cm³/mol. The minimum atomic E-state index is 0.199. The van der Waals surface area contributed by atoms with E-state index >= 15 is 0 Å². The number of nitrogens with zero attached hydrogens (tertiary/aromatic N) is 2. The van der Waals surface area contributed by atoms with Gasteiger partial charge < -0.3 is 20.5 Å². The maximum absolute atomic E-state index is 12.6. The standard InChI is InChI=1S/C25H31N5O/c1-18-20(21-9-4-5-10-22(21)29-18)13-16-28-25(26-2)27-15-7-12-24(31)30-17-14-19-8-3-6-11-23(19)30/h3-6,8-11,29H,7,12-17H2,1-2H3,(H2,26,27,28). The molecule has 0 spiro atoms. The summed E-state index contributed by atoms with van der Waals surface area (Å²) in [4.78, 5) is 22.3. The molecular weight excluding hydrogens is 386 g/mol. The van der Waals surface area contributed by atoms with Crippen molar-refractivity contribution in [2.75, 3.05) is 31.6 Å². The molecule has 3 N–H and O–H groups in total. The van der Waals surface area contributed by atoms with E-state index in [0.29, 0.717) is 13.0 Å². The van der Waals surface area contributed by atoms with E-state index in [0.717, 1.165) is 44.0 Å². The minimum absolute atomic E-state index is 0.199. The zero-order chi connectivity index (χ0) is 21.6. The third kappa shape index (κ3) is 4.74. The quantitative estimate of drug-likeness (QED) is 0.313. The Kier molecular flexibility index (Phi) is 6.55. The number of aryl methyl sites for hydroxylation is 1. The number of H-pyrrole nitrogens is 1. The van der Waals surface area contributed by atoms with Crippen LogP contribution in [0.2, 0.25) is 0 Å². The molecule has 1 aromatic heterocycles. The number of hydrogen-bond acceptors (Lipinski definition) is 2. The highest BCUT2D eigenvalue weighted by atomic mass is 16.2. The number of aliphatic imine (C=N–C) groups is 1. The number of nitrogens with one attached hydrogen (secondary N) is 3. The molecule has 6 nitrogen and oxygen atoms in total.